The minimum Gasteiger partial charge on any atom is -0.387 e. The fourth-order valence-electron chi connectivity index (χ4n) is 7.64. The van der Waals surface area contributed by atoms with Gasteiger partial charge in [-0.25, -0.2) is 0 Å². The molecule has 7 rings (SSSR count). The Hall–Kier alpha value is -3.50. The molecule has 0 radical (unpaired) electrons. The number of amides is 2. The number of rotatable bonds is 6. The SMILES string of the molecule is COCCCN1CC(C(=O)N2CC3[C@H]4CN(C(=O)c5ccc6n[nH]nc6c5)C[C@H]4C3(O)C2)Cc2ccccc21. The Labute approximate surface area is 226 Å². The summed E-state index contributed by atoms with van der Waals surface area (Å²) >= 11 is 0. The van der Waals surface area contributed by atoms with Crippen LogP contribution in [-0.4, -0.2) is 101 Å². The molecule has 1 saturated carbocycles. The van der Waals surface area contributed by atoms with E-state index in [-0.39, 0.29) is 35.5 Å². The number of aromatic nitrogens is 3. The van der Waals surface area contributed by atoms with E-state index in [9.17, 15) is 14.7 Å². The number of β-amino-alcohol motifs (C(OH)–C–C–N with tert-alkyl or cyclic N) is 1. The van der Waals surface area contributed by atoms with E-state index < -0.39 is 5.60 Å². The van der Waals surface area contributed by atoms with E-state index in [1.165, 1.54) is 11.3 Å². The number of hydrogen-bond donors (Lipinski definition) is 2. The van der Waals surface area contributed by atoms with Crippen LogP contribution in [0.4, 0.5) is 5.69 Å². The van der Waals surface area contributed by atoms with Gasteiger partial charge in [0.1, 0.15) is 11.0 Å². The van der Waals surface area contributed by atoms with Gasteiger partial charge in [-0.05, 0) is 48.6 Å². The van der Waals surface area contributed by atoms with Crippen molar-refractivity contribution < 1.29 is 19.4 Å². The number of para-hydroxylation sites is 1. The highest BCUT2D eigenvalue weighted by atomic mass is 16.5. The van der Waals surface area contributed by atoms with Gasteiger partial charge in [-0.1, -0.05) is 18.2 Å². The minimum atomic E-state index is -0.920. The summed E-state index contributed by atoms with van der Waals surface area (Å²) in [6.07, 6.45) is 1.63. The van der Waals surface area contributed by atoms with Gasteiger partial charge in [0.25, 0.3) is 5.91 Å². The molecule has 0 spiro atoms. The quantitative estimate of drug-likeness (QED) is 0.465. The number of hydrogen-bond acceptors (Lipinski definition) is 7. The van der Waals surface area contributed by atoms with Crippen LogP contribution in [0.3, 0.4) is 0 Å². The Morgan fingerprint density at radius 2 is 1.85 bits per heavy atom. The van der Waals surface area contributed by atoms with Gasteiger partial charge in [0.2, 0.25) is 5.91 Å². The molecule has 10 heteroatoms. The van der Waals surface area contributed by atoms with E-state index in [4.69, 9.17) is 4.74 Å². The first-order valence-electron chi connectivity index (χ1n) is 13.9. The zero-order valence-corrected chi connectivity index (χ0v) is 22.1. The summed E-state index contributed by atoms with van der Waals surface area (Å²) < 4.78 is 5.25. The van der Waals surface area contributed by atoms with Crippen LogP contribution < -0.4 is 4.90 Å². The zero-order valence-electron chi connectivity index (χ0n) is 22.1. The third-order valence-corrected chi connectivity index (χ3v) is 9.55. The van der Waals surface area contributed by atoms with E-state index in [0.717, 1.165) is 24.9 Å². The maximum Gasteiger partial charge on any atom is 0.253 e. The molecule has 3 aliphatic heterocycles. The van der Waals surface area contributed by atoms with Gasteiger partial charge in [-0.15, -0.1) is 0 Å². The minimum absolute atomic E-state index is 0.00217. The highest BCUT2D eigenvalue weighted by Crippen LogP contribution is 2.57. The first kappa shape index (κ1) is 24.5. The average molecular weight is 531 g/mol. The summed E-state index contributed by atoms with van der Waals surface area (Å²) in [5.74, 6) is 0.181. The van der Waals surface area contributed by atoms with Crippen LogP contribution in [0.5, 0.6) is 0 Å². The molecule has 1 aromatic heterocycles. The number of likely N-dealkylation sites (tertiary alicyclic amines) is 2. The Kier molecular flexibility index (Phi) is 5.85. The zero-order chi connectivity index (χ0) is 26.7. The molecule has 3 aromatic rings. The molecule has 4 aliphatic rings. The molecular formula is C29H34N6O4. The van der Waals surface area contributed by atoms with Gasteiger partial charge in [-0.3, -0.25) is 9.59 Å². The lowest BCUT2D eigenvalue weighted by molar-refractivity contribution is -0.148. The second-order valence-electron chi connectivity index (χ2n) is 11.6. The van der Waals surface area contributed by atoms with Crippen molar-refractivity contribution in [2.75, 3.05) is 57.9 Å². The maximum absolute atomic E-state index is 13.8. The van der Waals surface area contributed by atoms with Gasteiger partial charge in [0, 0.05) is 69.5 Å². The van der Waals surface area contributed by atoms with Crippen molar-refractivity contribution in [1.82, 2.24) is 25.2 Å². The van der Waals surface area contributed by atoms with E-state index in [1.807, 2.05) is 15.9 Å². The normalized spacial score (nSPS) is 29.2. The number of H-pyrrole nitrogens is 1. The Morgan fingerprint density at radius 1 is 1.05 bits per heavy atom. The monoisotopic (exact) mass is 530 g/mol. The number of nitrogens with one attached hydrogen (secondary N) is 1. The smallest absolute Gasteiger partial charge is 0.253 e. The van der Waals surface area contributed by atoms with E-state index >= 15 is 0 Å². The van der Waals surface area contributed by atoms with Crippen molar-refractivity contribution in [3.63, 3.8) is 0 Å². The third-order valence-electron chi connectivity index (χ3n) is 9.55. The molecule has 39 heavy (non-hydrogen) atoms. The van der Waals surface area contributed by atoms with Crippen molar-refractivity contribution in [3.05, 3.63) is 53.6 Å². The Morgan fingerprint density at radius 3 is 2.69 bits per heavy atom. The van der Waals surface area contributed by atoms with E-state index in [2.05, 4.69) is 38.5 Å². The summed E-state index contributed by atoms with van der Waals surface area (Å²) in [5.41, 5.74) is 3.46. The number of fused-ring (bicyclic) bond motifs is 6. The number of aromatic amines is 1. The molecule has 2 amide bonds. The Bertz CT molecular complexity index is 1430. The largest absolute Gasteiger partial charge is 0.387 e. The second-order valence-corrected chi connectivity index (χ2v) is 11.6. The molecule has 204 valence electrons. The van der Waals surface area contributed by atoms with Gasteiger partial charge < -0.3 is 24.5 Å². The van der Waals surface area contributed by atoms with Gasteiger partial charge in [-0.2, -0.15) is 15.4 Å². The van der Waals surface area contributed by atoms with Crippen molar-refractivity contribution in [1.29, 1.82) is 0 Å². The molecule has 10 nitrogen and oxygen atoms in total. The standard InChI is InChI=1S/C29H34N6O4/c1-39-10-4-9-33-13-20(11-18-5-2-3-6-26(18)33)28(37)35-16-23-21-14-34(15-22(21)29(23,38)17-35)27(36)19-7-8-24-25(12-19)31-32-30-24/h2-3,5-8,12,20-23,38H,4,9-11,13-17H2,1H3,(H,30,31,32)/t20?,21-,22+,23?,29?/m0/s1. The molecule has 0 bridgehead atoms. The van der Waals surface area contributed by atoms with Crippen molar-refractivity contribution >= 4 is 28.5 Å². The Balaban J connectivity index is 1.02. The summed E-state index contributed by atoms with van der Waals surface area (Å²) in [5, 5.41) is 22.4. The number of carbonyl (C=O) groups excluding carboxylic acids is 2. The molecule has 3 fully saturated rings. The number of ether oxygens (including phenoxy) is 1. The fourth-order valence-corrected chi connectivity index (χ4v) is 7.64. The number of anilines is 1. The van der Waals surface area contributed by atoms with Crippen LogP contribution in [0.2, 0.25) is 0 Å². The summed E-state index contributed by atoms with van der Waals surface area (Å²) in [6, 6.07) is 13.7. The lowest BCUT2D eigenvalue weighted by atomic mass is 9.56. The molecular weight excluding hydrogens is 496 g/mol. The molecule has 1 aliphatic carbocycles. The topological polar surface area (TPSA) is 115 Å². The van der Waals surface area contributed by atoms with E-state index in [0.29, 0.717) is 50.4 Å². The number of benzene rings is 2. The summed E-state index contributed by atoms with van der Waals surface area (Å²) in [4.78, 5) is 33.1. The summed E-state index contributed by atoms with van der Waals surface area (Å²) in [7, 11) is 1.71. The number of methoxy groups -OCH3 is 1. The molecule has 2 saturated heterocycles. The summed E-state index contributed by atoms with van der Waals surface area (Å²) in [6.45, 7) is 4.26. The first-order valence-corrected chi connectivity index (χ1v) is 13.9. The van der Waals surface area contributed by atoms with Crippen LogP contribution >= 0.6 is 0 Å². The number of nitrogens with zero attached hydrogens (tertiary/aromatic N) is 5. The average Bonchev–Trinajstić information content (AvgIpc) is 3.67. The molecule has 4 heterocycles. The van der Waals surface area contributed by atoms with E-state index in [1.54, 1.807) is 25.3 Å². The number of aliphatic hydroxyl groups is 1. The van der Waals surface area contributed by atoms with Gasteiger partial charge in [0.15, 0.2) is 0 Å². The predicted molar refractivity (Wildman–Crippen MR) is 144 cm³/mol. The molecule has 2 N–H and O–H groups in total. The number of carbonyl (C=O) groups is 2. The third kappa shape index (κ3) is 3.91. The van der Waals surface area contributed by atoms with Crippen molar-refractivity contribution in [2.24, 2.45) is 23.7 Å². The lowest BCUT2D eigenvalue weighted by Gasteiger charge is -2.50. The molecule has 2 aromatic carbocycles. The van der Waals surface area contributed by atoms with Gasteiger partial charge in [0.05, 0.1) is 18.1 Å². The van der Waals surface area contributed by atoms with Gasteiger partial charge >= 0.3 is 0 Å². The van der Waals surface area contributed by atoms with Crippen molar-refractivity contribution in [3.8, 4) is 0 Å². The second kappa shape index (κ2) is 9.31. The molecule has 5 atom stereocenters. The highest BCUT2D eigenvalue weighted by Gasteiger charge is 2.68. The van der Waals surface area contributed by atoms with Crippen LogP contribution in [0.15, 0.2) is 42.5 Å². The maximum atomic E-state index is 13.8. The lowest BCUT2D eigenvalue weighted by Crippen LogP contribution is -2.61. The highest BCUT2D eigenvalue weighted by molar-refractivity contribution is 5.97. The fraction of sp³-hybridized carbons (Fsp3) is 0.517. The van der Waals surface area contributed by atoms with Crippen LogP contribution in [0, 0.1) is 23.7 Å². The predicted octanol–water partition coefficient (Wildman–Crippen LogP) is 1.56. The first-order chi connectivity index (χ1) is 19.0. The van der Waals surface area contributed by atoms with Crippen LogP contribution in [-0.2, 0) is 16.0 Å². The molecule has 3 unspecified atom stereocenters. The van der Waals surface area contributed by atoms with Crippen LogP contribution in [0.25, 0.3) is 11.0 Å². The van der Waals surface area contributed by atoms with Crippen LogP contribution in [0.1, 0.15) is 22.3 Å². The van der Waals surface area contributed by atoms with Crippen molar-refractivity contribution in [2.45, 2.75) is 18.4 Å².